The van der Waals surface area contributed by atoms with E-state index in [2.05, 4.69) is 4.72 Å². The number of likely N-dealkylation sites (tertiary alicyclic amines) is 1. The van der Waals surface area contributed by atoms with Crippen LogP contribution in [0.4, 0.5) is 0 Å². The highest BCUT2D eigenvalue weighted by molar-refractivity contribution is 7.89. The number of carbonyl (C=O) groups excluding carboxylic acids is 1. The van der Waals surface area contributed by atoms with Gasteiger partial charge in [-0.15, -0.1) is 0 Å². The van der Waals surface area contributed by atoms with Crippen molar-refractivity contribution in [1.29, 1.82) is 0 Å². The highest BCUT2D eigenvalue weighted by Crippen LogP contribution is 2.29. The lowest BCUT2D eigenvalue weighted by Crippen LogP contribution is -2.36. The quantitative estimate of drug-likeness (QED) is 0.667. The third kappa shape index (κ3) is 5.11. The van der Waals surface area contributed by atoms with Gasteiger partial charge in [0.1, 0.15) is 17.2 Å². The SMILES string of the molecule is COc1ccc(S(=O)(=O)NCc2c(OC)cccc2OC)cc1C(=O)N1CCCCC1. The van der Waals surface area contributed by atoms with Crippen molar-refractivity contribution < 1.29 is 27.4 Å². The summed E-state index contributed by atoms with van der Waals surface area (Å²) in [5.74, 6) is 1.15. The lowest BCUT2D eigenvalue weighted by atomic mass is 10.1. The van der Waals surface area contributed by atoms with Gasteiger partial charge in [0.05, 0.1) is 37.4 Å². The summed E-state index contributed by atoms with van der Waals surface area (Å²) in [6, 6.07) is 9.53. The third-order valence-corrected chi connectivity index (χ3v) is 6.72. The Balaban J connectivity index is 1.87. The van der Waals surface area contributed by atoms with Crippen LogP contribution in [0.3, 0.4) is 0 Å². The smallest absolute Gasteiger partial charge is 0.257 e. The number of hydrogen-bond donors (Lipinski definition) is 1. The molecule has 1 amide bonds. The van der Waals surface area contributed by atoms with Crippen molar-refractivity contribution in [2.75, 3.05) is 34.4 Å². The largest absolute Gasteiger partial charge is 0.496 e. The van der Waals surface area contributed by atoms with Gasteiger partial charge in [-0.1, -0.05) is 6.07 Å². The molecule has 0 bridgehead atoms. The molecule has 0 unspecified atom stereocenters. The number of carbonyl (C=O) groups is 1. The molecular formula is C22H28N2O6S. The molecule has 0 saturated carbocycles. The number of rotatable bonds is 8. The van der Waals surface area contributed by atoms with Crippen molar-refractivity contribution >= 4 is 15.9 Å². The number of piperidine rings is 1. The van der Waals surface area contributed by atoms with Crippen LogP contribution in [0.1, 0.15) is 35.2 Å². The zero-order valence-corrected chi connectivity index (χ0v) is 18.8. The molecule has 1 N–H and O–H groups in total. The summed E-state index contributed by atoms with van der Waals surface area (Å²) in [4.78, 5) is 14.7. The van der Waals surface area contributed by atoms with Crippen LogP contribution in [0.25, 0.3) is 0 Å². The van der Waals surface area contributed by atoms with Crippen LogP contribution in [0.5, 0.6) is 17.2 Å². The first-order chi connectivity index (χ1) is 14.9. The van der Waals surface area contributed by atoms with E-state index in [0.29, 0.717) is 35.9 Å². The van der Waals surface area contributed by atoms with Crippen molar-refractivity contribution in [3.05, 3.63) is 47.5 Å². The fourth-order valence-electron chi connectivity index (χ4n) is 3.64. The van der Waals surface area contributed by atoms with Crippen LogP contribution < -0.4 is 18.9 Å². The Morgan fingerprint density at radius 2 is 1.55 bits per heavy atom. The number of nitrogens with one attached hydrogen (secondary N) is 1. The van der Waals surface area contributed by atoms with Crippen LogP contribution in [0.2, 0.25) is 0 Å². The molecular weight excluding hydrogens is 420 g/mol. The monoisotopic (exact) mass is 448 g/mol. The summed E-state index contributed by atoms with van der Waals surface area (Å²) in [6.07, 6.45) is 2.97. The highest BCUT2D eigenvalue weighted by Gasteiger charge is 2.25. The maximum atomic E-state index is 13.0. The summed E-state index contributed by atoms with van der Waals surface area (Å²) in [5, 5.41) is 0. The van der Waals surface area contributed by atoms with Crippen molar-refractivity contribution in [3.63, 3.8) is 0 Å². The second-order valence-corrected chi connectivity index (χ2v) is 8.95. The molecule has 3 rings (SSSR count). The molecule has 2 aromatic carbocycles. The highest BCUT2D eigenvalue weighted by atomic mass is 32.2. The predicted octanol–water partition coefficient (Wildman–Crippen LogP) is 2.82. The fourth-order valence-corrected chi connectivity index (χ4v) is 4.66. The number of nitrogens with zero attached hydrogens (tertiary/aromatic N) is 1. The van der Waals surface area contributed by atoms with E-state index < -0.39 is 10.0 Å². The Morgan fingerprint density at radius 1 is 0.935 bits per heavy atom. The van der Waals surface area contributed by atoms with Crippen molar-refractivity contribution in [3.8, 4) is 17.2 Å². The molecule has 1 heterocycles. The number of amides is 1. The molecule has 2 aromatic rings. The second-order valence-electron chi connectivity index (χ2n) is 7.18. The first-order valence-electron chi connectivity index (χ1n) is 10.1. The fraction of sp³-hybridized carbons (Fsp3) is 0.409. The van der Waals surface area contributed by atoms with E-state index in [4.69, 9.17) is 14.2 Å². The molecule has 9 heteroatoms. The minimum absolute atomic E-state index is 0.0116. The van der Waals surface area contributed by atoms with E-state index in [1.807, 2.05) is 0 Å². The van der Waals surface area contributed by atoms with Gasteiger partial charge in [0.15, 0.2) is 0 Å². The minimum atomic E-state index is -3.91. The maximum Gasteiger partial charge on any atom is 0.257 e. The average Bonchev–Trinajstić information content (AvgIpc) is 2.82. The van der Waals surface area contributed by atoms with Gasteiger partial charge in [0.2, 0.25) is 10.0 Å². The van der Waals surface area contributed by atoms with Crippen LogP contribution in [-0.4, -0.2) is 53.6 Å². The topological polar surface area (TPSA) is 94.2 Å². The molecule has 8 nitrogen and oxygen atoms in total. The molecule has 0 spiro atoms. The van der Waals surface area contributed by atoms with Gasteiger partial charge in [0, 0.05) is 19.6 Å². The minimum Gasteiger partial charge on any atom is -0.496 e. The average molecular weight is 449 g/mol. The van der Waals surface area contributed by atoms with Crippen LogP contribution >= 0.6 is 0 Å². The predicted molar refractivity (Wildman–Crippen MR) is 116 cm³/mol. The molecule has 0 radical (unpaired) electrons. The zero-order valence-electron chi connectivity index (χ0n) is 18.0. The van der Waals surface area contributed by atoms with Crippen LogP contribution in [0.15, 0.2) is 41.3 Å². The van der Waals surface area contributed by atoms with E-state index in [1.54, 1.807) is 23.1 Å². The van der Waals surface area contributed by atoms with E-state index >= 15 is 0 Å². The van der Waals surface area contributed by atoms with Gasteiger partial charge in [-0.25, -0.2) is 13.1 Å². The van der Waals surface area contributed by atoms with Gasteiger partial charge in [-0.05, 0) is 49.6 Å². The van der Waals surface area contributed by atoms with Crippen LogP contribution in [0, 0.1) is 0 Å². The van der Waals surface area contributed by atoms with Gasteiger partial charge >= 0.3 is 0 Å². The van der Waals surface area contributed by atoms with Crippen molar-refractivity contribution in [2.24, 2.45) is 0 Å². The Labute approximate surface area is 183 Å². The third-order valence-electron chi connectivity index (χ3n) is 5.32. The first-order valence-corrected chi connectivity index (χ1v) is 11.6. The van der Waals surface area contributed by atoms with Crippen LogP contribution in [-0.2, 0) is 16.6 Å². The molecule has 168 valence electrons. The Hall–Kier alpha value is -2.78. The van der Waals surface area contributed by atoms with Crippen molar-refractivity contribution in [2.45, 2.75) is 30.7 Å². The van der Waals surface area contributed by atoms with Crippen molar-refractivity contribution in [1.82, 2.24) is 9.62 Å². The Kier molecular flexibility index (Phi) is 7.40. The van der Waals surface area contributed by atoms with Gasteiger partial charge in [-0.3, -0.25) is 4.79 Å². The summed E-state index contributed by atoms with van der Waals surface area (Å²) >= 11 is 0. The lowest BCUT2D eigenvalue weighted by molar-refractivity contribution is 0.0720. The lowest BCUT2D eigenvalue weighted by Gasteiger charge is -2.27. The number of ether oxygens (including phenoxy) is 3. The summed E-state index contributed by atoms with van der Waals surface area (Å²) in [6.45, 7) is 1.28. The van der Waals surface area contributed by atoms with Gasteiger partial charge < -0.3 is 19.1 Å². The van der Waals surface area contributed by atoms with E-state index in [0.717, 1.165) is 19.3 Å². The van der Waals surface area contributed by atoms with Gasteiger partial charge in [-0.2, -0.15) is 0 Å². The molecule has 0 aliphatic carbocycles. The van der Waals surface area contributed by atoms with E-state index in [-0.39, 0.29) is 22.9 Å². The first kappa shape index (κ1) is 22.9. The normalized spacial score (nSPS) is 14.2. The molecule has 1 fully saturated rings. The zero-order chi connectivity index (χ0) is 22.4. The summed E-state index contributed by atoms with van der Waals surface area (Å²) in [7, 11) is 0.571. The molecule has 1 aliphatic heterocycles. The van der Waals surface area contributed by atoms with E-state index in [9.17, 15) is 13.2 Å². The maximum absolute atomic E-state index is 13.0. The Morgan fingerprint density at radius 3 is 2.13 bits per heavy atom. The second kappa shape index (κ2) is 10.0. The number of methoxy groups -OCH3 is 3. The number of sulfonamides is 1. The molecule has 0 aromatic heterocycles. The molecule has 31 heavy (non-hydrogen) atoms. The molecule has 0 atom stereocenters. The standard InChI is InChI=1S/C22H28N2O6S/c1-28-19-8-7-9-20(29-2)18(19)15-23-31(26,27)16-10-11-21(30-3)17(14-16)22(25)24-12-5-4-6-13-24/h7-11,14,23H,4-6,12-13,15H2,1-3H3. The molecule has 1 aliphatic rings. The summed E-state index contributed by atoms with van der Waals surface area (Å²) in [5.41, 5.74) is 0.816. The van der Waals surface area contributed by atoms with Gasteiger partial charge in [0.25, 0.3) is 5.91 Å². The van der Waals surface area contributed by atoms with E-state index in [1.165, 1.54) is 39.5 Å². The Bertz CT molecular complexity index is 1010. The number of hydrogen-bond acceptors (Lipinski definition) is 6. The number of benzene rings is 2. The molecule has 1 saturated heterocycles. The summed E-state index contributed by atoms with van der Waals surface area (Å²) < 4.78 is 44.5.